The molecule has 2 aliphatic rings. The number of hydrogen-bond acceptors (Lipinski definition) is 3. The van der Waals surface area contributed by atoms with Crippen molar-refractivity contribution in [1.29, 1.82) is 0 Å². The summed E-state index contributed by atoms with van der Waals surface area (Å²) in [5, 5.41) is 0. The van der Waals surface area contributed by atoms with Crippen LogP contribution in [0.3, 0.4) is 0 Å². The van der Waals surface area contributed by atoms with Crippen molar-refractivity contribution >= 4 is 11.8 Å². The van der Waals surface area contributed by atoms with E-state index in [2.05, 4.69) is 17.1 Å². The Balaban J connectivity index is 1.45. The monoisotopic (exact) mass is 327 g/mol. The lowest BCUT2D eigenvalue weighted by atomic mass is 10.0. The van der Waals surface area contributed by atoms with Crippen LogP contribution in [0.2, 0.25) is 0 Å². The van der Waals surface area contributed by atoms with Crippen LogP contribution in [0.5, 0.6) is 0 Å². The zero-order chi connectivity index (χ0) is 16.9. The minimum Gasteiger partial charge on any atom is -0.366 e. The first-order valence-electron chi connectivity index (χ1n) is 8.67. The maximum Gasteiger partial charge on any atom is 0.248 e. The van der Waals surface area contributed by atoms with Gasteiger partial charge >= 0.3 is 0 Å². The first kappa shape index (κ1) is 16.7. The van der Waals surface area contributed by atoms with Gasteiger partial charge in [-0.1, -0.05) is 24.3 Å². The van der Waals surface area contributed by atoms with E-state index < -0.39 is 5.91 Å². The lowest BCUT2D eigenvalue weighted by molar-refractivity contribution is -0.133. The molecule has 2 N–H and O–H groups in total. The van der Waals surface area contributed by atoms with Gasteiger partial charge in [0.05, 0.1) is 0 Å². The lowest BCUT2D eigenvalue weighted by Gasteiger charge is -2.35. The van der Waals surface area contributed by atoms with Gasteiger partial charge in [-0.05, 0) is 36.5 Å². The van der Waals surface area contributed by atoms with E-state index in [0.717, 1.165) is 51.1 Å². The molecule has 1 aliphatic carbocycles. The molecule has 0 spiro atoms. The average molecular weight is 327 g/mol. The molecule has 1 aromatic rings. The van der Waals surface area contributed by atoms with E-state index in [4.69, 9.17) is 5.73 Å². The summed E-state index contributed by atoms with van der Waals surface area (Å²) < 4.78 is 0. The number of benzene rings is 1. The number of amides is 2. The number of nitrogens with zero attached hydrogens (tertiary/aromatic N) is 2. The van der Waals surface area contributed by atoms with Gasteiger partial charge < -0.3 is 10.6 Å². The van der Waals surface area contributed by atoms with Crippen LogP contribution in [-0.2, 0) is 11.3 Å². The lowest BCUT2D eigenvalue weighted by Crippen LogP contribution is -2.48. The van der Waals surface area contributed by atoms with Crippen molar-refractivity contribution < 1.29 is 9.59 Å². The normalized spacial score (nSPS) is 21.2. The van der Waals surface area contributed by atoms with Crippen LogP contribution in [0.15, 0.2) is 36.4 Å². The van der Waals surface area contributed by atoms with Gasteiger partial charge in [-0.3, -0.25) is 14.5 Å². The van der Waals surface area contributed by atoms with Crippen LogP contribution in [0.1, 0.15) is 35.2 Å². The maximum atomic E-state index is 12.4. The maximum absolute atomic E-state index is 12.4. The second-order valence-corrected chi connectivity index (χ2v) is 6.69. The largest absolute Gasteiger partial charge is 0.366 e. The van der Waals surface area contributed by atoms with Crippen molar-refractivity contribution in [3.05, 3.63) is 47.5 Å². The van der Waals surface area contributed by atoms with E-state index in [1.54, 1.807) is 12.1 Å². The fourth-order valence-electron chi connectivity index (χ4n) is 3.41. The summed E-state index contributed by atoms with van der Waals surface area (Å²) in [4.78, 5) is 27.8. The predicted molar refractivity (Wildman–Crippen MR) is 93.3 cm³/mol. The van der Waals surface area contributed by atoms with Crippen molar-refractivity contribution in [2.45, 2.75) is 25.8 Å². The Morgan fingerprint density at radius 3 is 2.38 bits per heavy atom. The zero-order valence-electron chi connectivity index (χ0n) is 14.0. The number of primary amides is 1. The van der Waals surface area contributed by atoms with Gasteiger partial charge in [0.15, 0.2) is 0 Å². The Morgan fingerprint density at radius 1 is 1.08 bits per heavy atom. The molecule has 1 aliphatic heterocycles. The first-order valence-corrected chi connectivity index (χ1v) is 8.67. The topological polar surface area (TPSA) is 66.6 Å². The molecule has 3 rings (SSSR count). The molecule has 1 atom stereocenters. The minimum atomic E-state index is -0.397. The molecule has 0 aromatic heterocycles. The third-order valence-electron chi connectivity index (χ3n) is 4.92. The molecule has 0 unspecified atom stereocenters. The van der Waals surface area contributed by atoms with Crippen LogP contribution >= 0.6 is 0 Å². The molecule has 1 aromatic carbocycles. The van der Waals surface area contributed by atoms with Crippen molar-refractivity contribution in [1.82, 2.24) is 9.80 Å². The molecule has 0 radical (unpaired) electrons. The number of nitrogens with two attached hydrogens (primary N) is 1. The summed E-state index contributed by atoms with van der Waals surface area (Å²) in [6, 6.07) is 7.44. The van der Waals surface area contributed by atoms with Gasteiger partial charge in [-0.2, -0.15) is 0 Å². The van der Waals surface area contributed by atoms with E-state index in [-0.39, 0.29) is 5.91 Å². The highest BCUT2D eigenvalue weighted by molar-refractivity contribution is 5.92. The Labute approximate surface area is 143 Å². The van der Waals surface area contributed by atoms with Crippen LogP contribution in [0.25, 0.3) is 0 Å². The van der Waals surface area contributed by atoms with E-state index in [1.165, 1.54) is 0 Å². The van der Waals surface area contributed by atoms with Gasteiger partial charge in [0, 0.05) is 44.7 Å². The van der Waals surface area contributed by atoms with E-state index >= 15 is 0 Å². The van der Waals surface area contributed by atoms with Crippen LogP contribution in [0, 0.1) is 5.92 Å². The molecule has 5 nitrogen and oxygen atoms in total. The van der Waals surface area contributed by atoms with Crippen molar-refractivity contribution in [3.8, 4) is 0 Å². The minimum absolute atomic E-state index is 0.289. The zero-order valence-corrected chi connectivity index (χ0v) is 14.0. The predicted octanol–water partition coefficient (Wildman–Crippen LogP) is 1.79. The third-order valence-corrected chi connectivity index (χ3v) is 4.92. The summed E-state index contributed by atoms with van der Waals surface area (Å²) >= 11 is 0. The molecule has 1 heterocycles. The molecule has 24 heavy (non-hydrogen) atoms. The summed E-state index contributed by atoms with van der Waals surface area (Å²) in [6.07, 6.45) is 7.25. The van der Waals surface area contributed by atoms with Crippen LogP contribution in [-0.4, -0.2) is 47.8 Å². The van der Waals surface area contributed by atoms with E-state index in [9.17, 15) is 9.59 Å². The number of hydrogen-bond donors (Lipinski definition) is 1. The van der Waals surface area contributed by atoms with Crippen molar-refractivity contribution in [2.75, 3.05) is 26.2 Å². The molecule has 1 fully saturated rings. The van der Waals surface area contributed by atoms with Crippen LogP contribution in [0.4, 0.5) is 0 Å². The Bertz CT molecular complexity index is 616. The Kier molecular flexibility index (Phi) is 5.30. The quantitative estimate of drug-likeness (QED) is 0.839. The highest BCUT2D eigenvalue weighted by Gasteiger charge is 2.23. The first-order chi connectivity index (χ1) is 11.6. The van der Waals surface area contributed by atoms with Gasteiger partial charge in [0.2, 0.25) is 11.8 Å². The van der Waals surface area contributed by atoms with Crippen molar-refractivity contribution in [2.24, 2.45) is 11.7 Å². The molecule has 128 valence electrons. The summed E-state index contributed by atoms with van der Waals surface area (Å²) in [7, 11) is 0. The molecule has 1 saturated heterocycles. The highest BCUT2D eigenvalue weighted by Crippen LogP contribution is 2.21. The van der Waals surface area contributed by atoms with Crippen LogP contribution < -0.4 is 5.73 Å². The highest BCUT2D eigenvalue weighted by atomic mass is 16.2. The summed E-state index contributed by atoms with van der Waals surface area (Å²) in [6.45, 7) is 4.23. The molecular formula is C19H25N3O2. The molecule has 2 amide bonds. The van der Waals surface area contributed by atoms with Gasteiger partial charge in [0.25, 0.3) is 0 Å². The second-order valence-electron chi connectivity index (χ2n) is 6.69. The fourth-order valence-corrected chi connectivity index (χ4v) is 3.41. The molecular weight excluding hydrogens is 302 g/mol. The molecule has 5 heteroatoms. The summed E-state index contributed by atoms with van der Waals surface area (Å²) in [5.74, 6) is 0.335. The molecule has 0 saturated carbocycles. The Hall–Kier alpha value is -2.14. The standard InChI is InChI=1S/C19H25N3O2/c20-19(24)17-7-5-16(6-8-17)14-21-9-11-22(12-10-21)18(23)13-15-3-1-2-4-15/h1,3,5-8,15H,2,4,9-14H2,(H2,20,24)/t15-/m1/s1. The number of carbonyl (C=O) groups is 2. The third kappa shape index (κ3) is 4.23. The van der Waals surface area contributed by atoms with Gasteiger partial charge in [-0.15, -0.1) is 0 Å². The average Bonchev–Trinajstić information content (AvgIpc) is 3.09. The smallest absolute Gasteiger partial charge is 0.248 e. The van der Waals surface area contributed by atoms with Gasteiger partial charge in [0.1, 0.15) is 0 Å². The molecule has 0 bridgehead atoms. The summed E-state index contributed by atoms with van der Waals surface area (Å²) in [5.41, 5.74) is 6.96. The number of carbonyl (C=O) groups excluding carboxylic acids is 2. The second kappa shape index (κ2) is 7.62. The number of piperazine rings is 1. The van der Waals surface area contributed by atoms with Gasteiger partial charge in [-0.25, -0.2) is 0 Å². The number of allylic oxidation sites excluding steroid dienone is 2. The Morgan fingerprint density at radius 2 is 1.79 bits per heavy atom. The SMILES string of the molecule is NC(=O)c1ccc(CN2CCN(C(=O)C[C@@H]3C=CCC3)CC2)cc1. The van der Waals surface area contributed by atoms with Crippen molar-refractivity contribution in [3.63, 3.8) is 0 Å². The fraction of sp³-hybridized carbons (Fsp3) is 0.474. The van der Waals surface area contributed by atoms with E-state index in [1.807, 2.05) is 17.0 Å². The van der Waals surface area contributed by atoms with E-state index in [0.29, 0.717) is 17.9 Å². The number of rotatable bonds is 5.